The van der Waals surface area contributed by atoms with Crippen LogP contribution in [0, 0.1) is 5.92 Å². The molecule has 2 heterocycles. The van der Waals surface area contributed by atoms with Crippen LogP contribution in [0.15, 0.2) is 36.5 Å². The summed E-state index contributed by atoms with van der Waals surface area (Å²) < 4.78 is 11.1. The molecule has 1 atom stereocenters. The Morgan fingerprint density at radius 1 is 1.32 bits per heavy atom. The first-order valence-electron chi connectivity index (χ1n) is 7.22. The number of nitrogens with two attached hydrogens (primary N) is 1. The van der Waals surface area contributed by atoms with Crippen LogP contribution in [0.25, 0.3) is 0 Å². The quantitative estimate of drug-likeness (QED) is 0.941. The Morgan fingerprint density at radius 3 is 2.86 bits per heavy atom. The van der Waals surface area contributed by atoms with Gasteiger partial charge in [0, 0.05) is 30.4 Å². The number of aromatic nitrogens is 1. The first-order chi connectivity index (χ1) is 10.3. The van der Waals surface area contributed by atoms with E-state index in [2.05, 4.69) is 17.1 Å². The smallest absolute Gasteiger partial charge is 0.126 e. The maximum Gasteiger partial charge on any atom is 0.126 e. The van der Waals surface area contributed by atoms with Gasteiger partial charge in [-0.25, -0.2) is 0 Å². The Labute approximate surface area is 137 Å². The molecule has 1 aliphatic rings. The molecule has 0 radical (unpaired) electrons. The van der Waals surface area contributed by atoms with Gasteiger partial charge in [0.25, 0.3) is 0 Å². The van der Waals surface area contributed by atoms with Crippen LogP contribution >= 0.6 is 12.4 Å². The van der Waals surface area contributed by atoms with E-state index in [0.29, 0.717) is 12.5 Å². The third-order valence-corrected chi connectivity index (χ3v) is 3.88. The molecule has 0 saturated heterocycles. The van der Waals surface area contributed by atoms with Gasteiger partial charge < -0.3 is 15.2 Å². The molecule has 0 saturated carbocycles. The summed E-state index contributed by atoms with van der Waals surface area (Å²) in [6.45, 7) is 1.26. The zero-order chi connectivity index (χ0) is 14.7. The minimum Gasteiger partial charge on any atom is -0.497 e. The molecule has 1 aromatic heterocycles. The van der Waals surface area contributed by atoms with Crippen molar-refractivity contribution < 1.29 is 9.47 Å². The summed E-state index contributed by atoms with van der Waals surface area (Å²) in [5, 5.41) is 0. The van der Waals surface area contributed by atoms with E-state index in [1.54, 1.807) is 7.11 Å². The minimum absolute atomic E-state index is 0. The molecular formula is C17H21ClN2O2. The van der Waals surface area contributed by atoms with Crippen molar-refractivity contribution in [2.75, 3.05) is 13.7 Å². The van der Waals surface area contributed by atoms with Crippen molar-refractivity contribution in [3.8, 4) is 11.5 Å². The molecule has 5 heteroatoms. The van der Waals surface area contributed by atoms with E-state index in [9.17, 15) is 0 Å². The number of pyridine rings is 1. The molecule has 4 nitrogen and oxygen atoms in total. The molecule has 2 N–H and O–H groups in total. The molecule has 118 valence electrons. The fourth-order valence-corrected chi connectivity index (χ4v) is 2.67. The summed E-state index contributed by atoms with van der Waals surface area (Å²) in [5.41, 5.74) is 8.99. The fraction of sp³-hybridized carbons (Fsp3) is 0.353. The summed E-state index contributed by atoms with van der Waals surface area (Å²) in [6.07, 6.45) is 3.80. The van der Waals surface area contributed by atoms with Crippen molar-refractivity contribution in [3.63, 3.8) is 0 Å². The second kappa shape index (κ2) is 7.47. The Kier molecular flexibility index (Phi) is 5.63. The lowest BCUT2D eigenvalue weighted by Crippen LogP contribution is -2.23. The average Bonchev–Trinajstić information content (AvgIpc) is 2.55. The number of ether oxygens (including phenoxy) is 2. The van der Waals surface area contributed by atoms with Crippen molar-refractivity contribution in [3.05, 3.63) is 53.3 Å². The zero-order valence-electron chi connectivity index (χ0n) is 12.6. The molecule has 0 aliphatic carbocycles. The van der Waals surface area contributed by atoms with E-state index in [4.69, 9.17) is 15.2 Å². The van der Waals surface area contributed by atoms with Crippen LogP contribution in [0.2, 0.25) is 0 Å². The van der Waals surface area contributed by atoms with Gasteiger partial charge in [0.15, 0.2) is 0 Å². The van der Waals surface area contributed by atoms with Crippen molar-refractivity contribution in [1.29, 1.82) is 0 Å². The van der Waals surface area contributed by atoms with Crippen molar-refractivity contribution in [2.45, 2.75) is 19.4 Å². The standard InChI is InChI=1S/C17H20N2O2.ClH/c1-20-16-5-3-14-6-13(11-21-17(14)8-16)7-15-4-2-12(9-18)10-19-15;/h2-5,8,10,13H,6-7,9,11,18H2,1H3;1H. The number of halogens is 1. The maximum absolute atomic E-state index is 5.87. The second-order valence-corrected chi connectivity index (χ2v) is 5.42. The van der Waals surface area contributed by atoms with Crippen molar-refractivity contribution in [1.82, 2.24) is 4.98 Å². The largest absolute Gasteiger partial charge is 0.497 e. The normalized spacial score (nSPS) is 16.2. The van der Waals surface area contributed by atoms with Crippen LogP contribution in [0.5, 0.6) is 11.5 Å². The molecule has 22 heavy (non-hydrogen) atoms. The monoisotopic (exact) mass is 320 g/mol. The van der Waals surface area contributed by atoms with E-state index in [1.807, 2.05) is 24.4 Å². The van der Waals surface area contributed by atoms with Crippen LogP contribution in [-0.2, 0) is 19.4 Å². The Morgan fingerprint density at radius 2 is 2.18 bits per heavy atom. The molecule has 0 amide bonds. The minimum atomic E-state index is 0. The van der Waals surface area contributed by atoms with Crippen LogP contribution in [0.3, 0.4) is 0 Å². The van der Waals surface area contributed by atoms with E-state index >= 15 is 0 Å². The lowest BCUT2D eigenvalue weighted by atomic mass is 9.92. The van der Waals surface area contributed by atoms with E-state index in [0.717, 1.165) is 42.2 Å². The van der Waals surface area contributed by atoms with E-state index in [1.165, 1.54) is 5.56 Å². The Hall–Kier alpha value is -1.78. The molecule has 0 spiro atoms. The van der Waals surface area contributed by atoms with Gasteiger partial charge in [-0.3, -0.25) is 4.98 Å². The van der Waals surface area contributed by atoms with Gasteiger partial charge in [-0.05, 0) is 36.1 Å². The van der Waals surface area contributed by atoms with Gasteiger partial charge in [0.2, 0.25) is 0 Å². The molecule has 2 aromatic rings. The van der Waals surface area contributed by atoms with Gasteiger partial charge in [-0.15, -0.1) is 12.4 Å². The topological polar surface area (TPSA) is 57.4 Å². The first kappa shape index (κ1) is 16.6. The summed E-state index contributed by atoms with van der Waals surface area (Å²) in [4.78, 5) is 4.47. The lowest BCUT2D eigenvalue weighted by molar-refractivity contribution is 0.219. The van der Waals surface area contributed by atoms with Gasteiger partial charge in [0.05, 0.1) is 13.7 Å². The molecule has 0 fully saturated rings. The maximum atomic E-state index is 5.87. The van der Waals surface area contributed by atoms with Crippen LogP contribution in [0.4, 0.5) is 0 Å². The number of hydrogen-bond acceptors (Lipinski definition) is 4. The van der Waals surface area contributed by atoms with Crippen LogP contribution in [0.1, 0.15) is 16.8 Å². The number of fused-ring (bicyclic) bond motifs is 1. The highest BCUT2D eigenvalue weighted by molar-refractivity contribution is 5.85. The van der Waals surface area contributed by atoms with Crippen molar-refractivity contribution in [2.24, 2.45) is 11.7 Å². The second-order valence-electron chi connectivity index (χ2n) is 5.42. The first-order valence-corrected chi connectivity index (χ1v) is 7.22. The number of benzene rings is 1. The van der Waals surface area contributed by atoms with Crippen LogP contribution in [-0.4, -0.2) is 18.7 Å². The predicted molar refractivity (Wildman–Crippen MR) is 88.8 cm³/mol. The number of hydrogen-bond donors (Lipinski definition) is 1. The third-order valence-electron chi connectivity index (χ3n) is 3.88. The summed E-state index contributed by atoms with van der Waals surface area (Å²) >= 11 is 0. The zero-order valence-corrected chi connectivity index (χ0v) is 13.4. The third kappa shape index (κ3) is 3.70. The highest BCUT2D eigenvalue weighted by Gasteiger charge is 2.21. The SMILES string of the molecule is COc1ccc2c(c1)OCC(Cc1ccc(CN)cn1)C2.Cl. The molecule has 1 unspecified atom stereocenters. The number of nitrogens with zero attached hydrogens (tertiary/aromatic N) is 1. The fourth-order valence-electron chi connectivity index (χ4n) is 2.67. The average molecular weight is 321 g/mol. The van der Waals surface area contributed by atoms with Crippen LogP contribution < -0.4 is 15.2 Å². The van der Waals surface area contributed by atoms with E-state index < -0.39 is 0 Å². The van der Waals surface area contributed by atoms with E-state index in [-0.39, 0.29) is 12.4 Å². The van der Waals surface area contributed by atoms with Gasteiger partial charge in [0.1, 0.15) is 11.5 Å². The van der Waals surface area contributed by atoms with Gasteiger partial charge in [-0.1, -0.05) is 12.1 Å². The lowest BCUT2D eigenvalue weighted by Gasteiger charge is -2.25. The Balaban J connectivity index is 0.00000176. The predicted octanol–water partition coefficient (Wildman–Crippen LogP) is 2.76. The summed E-state index contributed by atoms with van der Waals surface area (Å²) in [5.74, 6) is 2.24. The molecule has 1 aromatic carbocycles. The molecular weight excluding hydrogens is 300 g/mol. The Bertz CT molecular complexity index is 617. The van der Waals surface area contributed by atoms with Gasteiger partial charge in [-0.2, -0.15) is 0 Å². The molecule has 3 rings (SSSR count). The van der Waals surface area contributed by atoms with Crippen molar-refractivity contribution >= 4 is 12.4 Å². The molecule has 0 bridgehead atoms. The number of methoxy groups -OCH3 is 1. The highest BCUT2D eigenvalue weighted by atomic mass is 35.5. The number of rotatable bonds is 4. The summed E-state index contributed by atoms with van der Waals surface area (Å²) in [6, 6.07) is 10.1. The summed E-state index contributed by atoms with van der Waals surface area (Å²) in [7, 11) is 1.67. The molecule has 1 aliphatic heterocycles. The highest BCUT2D eigenvalue weighted by Crippen LogP contribution is 2.31. The van der Waals surface area contributed by atoms with Gasteiger partial charge >= 0.3 is 0 Å².